The van der Waals surface area contributed by atoms with E-state index in [0.717, 1.165) is 15.1 Å². The van der Waals surface area contributed by atoms with Crippen LogP contribution in [0.1, 0.15) is 29.9 Å². The minimum Gasteiger partial charge on any atom is -0.345 e. The zero-order chi connectivity index (χ0) is 17.9. The molecule has 4 rings (SSSR count). The van der Waals surface area contributed by atoms with Crippen molar-refractivity contribution in [3.8, 4) is 0 Å². The molecule has 1 amide bonds. The molecule has 4 aromatic rings. The summed E-state index contributed by atoms with van der Waals surface area (Å²) in [4.78, 5) is 30.7. The van der Waals surface area contributed by atoms with Crippen molar-refractivity contribution >= 4 is 44.6 Å². The lowest BCUT2D eigenvalue weighted by Crippen LogP contribution is -2.22. The number of nitrogens with one attached hydrogen (secondary N) is 1. The SMILES string of the molecule is O=C(c1ccccc1)c1ccc(CNC(=O)c2nc3ccccc3s2)s1. The maximum Gasteiger partial charge on any atom is 0.280 e. The van der Waals surface area contributed by atoms with E-state index in [9.17, 15) is 9.59 Å². The number of carbonyl (C=O) groups is 2. The van der Waals surface area contributed by atoms with E-state index in [1.54, 1.807) is 18.2 Å². The van der Waals surface area contributed by atoms with E-state index < -0.39 is 0 Å². The minimum atomic E-state index is -0.199. The molecule has 0 aliphatic rings. The largest absolute Gasteiger partial charge is 0.345 e. The van der Waals surface area contributed by atoms with Gasteiger partial charge in [-0.3, -0.25) is 9.59 Å². The fraction of sp³-hybridized carbons (Fsp3) is 0.0500. The molecule has 0 unspecified atom stereocenters. The van der Waals surface area contributed by atoms with Crippen LogP contribution in [0.3, 0.4) is 0 Å². The molecule has 26 heavy (non-hydrogen) atoms. The van der Waals surface area contributed by atoms with Crippen molar-refractivity contribution in [2.75, 3.05) is 0 Å². The van der Waals surface area contributed by atoms with Crippen molar-refractivity contribution in [3.63, 3.8) is 0 Å². The zero-order valence-corrected chi connectivity index (χ0v) is 15.3. The monoisotopic (exact) mass is 378 g/mol. The van der Waals surface area contributed by atoms with Crippen molar-refractivity contribution < 1.29 is 9.59 Å². The summed E-state index contributed by atoms with van der Waals surface area (Å²) in [6, 6.07) is 20.5. The highest BCUT2D eigenvalue weighted by molar-refractivity contribution is 7.20. The summed E-state index contributed by atoms with van der Waals surface area (Å²) in [5.74, 6) is -0.199. The first-order valence-corrected chi connectivity index (χ1v) is 9.66. The zero-order valence-electron chi connectivity index (χ0n) is 13.6. The molecule has 0 aliphatic carbocycles. The van der Waals surface area contributed by atoms with Gasteiger partial charge in [0.05, 0.1) is 21.6 Å². The Morgan fingerprint density at radius 2 is 1.65 bits per heavy atom. The van der Waals surface area contributed by atoms with Crippen LogP contribution in [-0.2, 0) is 6.54 Å². The molecule has 0 spiro atoms. The molecule has 1 N–H and O–H groups in total. The molecule has 0 fully saturated rings. The van der Waals surface area contributed by atoms with Gasteiger partial charge in [-0.05, 0) is 24.3 Å². The van der Waals surface area contributed by atoms with Gasteiger partial charge in [0.15, 0.2) is 5.01 Å². The van der Waals surface area contributed by atoms with Gasteiger partial charge < -0.3 is 5.32 Å². The lowest BCUT2D eigenvalue weighted by atomic mass is 10.1. The Morgan fingerprint density at radius 1 is 0.885 bits per heavy atom. The number of nitrogens with zero attached hydrogens (tertiary/aromatic N) is 1. The summed E-state index contributed by atoms with van der Waals surface area (Å²) in [5.41, 5.74) is 1.49. The van der Waals surface area contributed by atoms with E-state index in [-0.39, 0.29) is 11.7 Å². The molecule has 6 heteroatoms. The summed E-state index contributed by atoms with van der Waals surface area (Å²) < 4.78 is 0.990. The van der Waals surface area contributed by atoms with Crippen molar-refractivity contribution in [3.05, 3.63) is 87.1 Å². The molecule has 2 aromatic heterocycles. The highest BCUT2D eigenvalue weighted by Crippen LogP contribution is 2.22. The minimum absolute atomic E-state index is 0.000602. The maximum atomic E-state index is 12.4. The third-order valence-electron chi connectivity index (χ3n) is 3.83. The van der Waals surface area contributed by atoms with Gasteiger partial charge >= 0.3 is 0 Å². The van der Waals surface area contributed by atoms with Crippen LogP contribution in [0.15, 0.2) is 66.7 Å². The summed E-state index contributed by atoms with van der Waals surface area (Å²) >= 11 is 2.77. The average Bonchev–Trinajstić information content (AvgIpc) is 3.33. The highest BCUT2D eigenvalue weighted by atomic mass is 32.1. The first-order valence-electron chi connectivity index (χ1n) is 8.03. The standard InChI is InChI=1S/C20H14N2O2S2/c23-18(13-6-2-1-3-7-13)17-11-10-14(25-17)12-21-19(24)20-22-15-8-4-5-9-16(15)26-20/h1-11H,12H2,(H,21,24). The molecule has 0 saturated carbocycles. The summed E-state index contributed by atoms with van der Waals surface area (Å²) in [6.07, 6.45) is 0. The number of benzene rings is 2. The Bertz CT molecular complexity index is 1050. The Labute approximate surface area is 158 Å². The van der Waals surface area contributed by atoms with Crippen LogP contribution in [-0.4, -0.2) is 16.7 Å². The predicted molar refractivity (Wildman–Crippen MR) is 105 cm³/mol. The number of rotatable bonds is 5. The van der Waals surface area contributed by atoms with E-state index in [0.29, 0.717) is 22.0 Å². The van der Waals surface area contributed by atoms with Crippen LogP contribution in [0.4, 0.5) is 0 Å². The fourth-order valence-electron chi connectivity index (χ4n) is 2.54. The second-order valence-corrected chi connectivity index (χ2v) is 7.83. The Kier molecular flexibility index (Phi) is 4.60. The van der Waals surface area contributed by atoms with Crippen LogP contribution >= 0.6 is 22.7 Å². The maximum absolute atomic E-state index is 12.4. The number of fused-ring (bicyclic) bond motifs is 1. The van der Waals surface area contributed by atoms with Gasteiger partial charge in [0.25, 0.3) is 5.91 Å². The normalized spacial score (nSPS) is 10.8. The molecule has 2 aromatic carbocycles. The van der Waals surface area contributed by atoms with Crippen molar-refractivity contribution in [1.29, 1.82) is 0 Å². The van der Waals surface area contributed by atoms with Gasteiger partial charge in [-0.25, -0.2) is 4.98 Å². The summed E-state index contributed by atoms with van der Waals surface area (Å²) in [6.45, 7) is 0.376. The van der Waals surface area contributed by atoms with Crippen LogP contribution in [0.25, 0.3) is 10.2 Å². The number of hydrogen-bond acceptors (Lipinski definition) is 5. The van der Waals surface area contributed by atoms with E-state index in [4.69, 9.17) is 0 Å². The van der Waals surface area contributed by atoms with Gasteiger partial charge in [0.2, 0.25) is 5.78 Å². The second-order valence-electron chi connectivity index (χ2n) is 5.63. The molecular formula is C20H14N2O2S2. The Balaban J connectivity index is 1.43. The van der Waals surface area contributed by atoms with E-state index in [2.05, 4.69) is 10.3 Å². The van der Waals surface area contributed by atoms with Crippen molar-refractivity contribution in [2.24, 2.45) is 0 Å². The van der Waals surface area contributed by atoms with Gasteiger partial charge in [0.1, 0.15) is 0 Å². The lowest BCUT2D eigenvalue weighted by Gasteiger charge is -2.00. The van der Waals surface area contributed by atoms with Gasteiger partial charge in [-0.15, -0.1) is 22.7 Å². The Hall–Kier alpha value is -2.83. The van der Waals surface area contributed by atoms with Gasteiger partial charge in [-0.2, -0.15) is 0 Å². The average molecular weight is 378 g/mol. The number of thiophene rings is 1. The number of ketones is 1. The molecule has 0 radical (unpaired) electrons. The lowest BCUT2D eigenvalue weighted by molar-refractivity contribution is 0.0950. The predicted octanol–water partition coefficient (Wildman–Crippen LogP) is 4.52. The first-order chi connectivity index (χ1) is 12.7. The number of hydrogen-bond donors (Lipinski definition) is 1. The van der Waals surface area contributed by atoms with Crippen LogP contribution in [0.2, 0.25) is 0 Å². The fourth-order valence-corrected chi connectivity index (χ4v) is 4.33. The number of thiazole rings is 1. The molecule has 0 bridgehead atoms. The molecule has 4 nitrogen and oxygen atoms in total. The molecule has 128 valence electrons. The van der Waals surface area contributed by atoms with Crippen LogP contribution in [0, 0.1) is 0 Å². The highest BCUT2D eigenvalue weighted by Gasteiger charge is 2.14. The van der Waals surface area contributed by atoms with E-state index in [1.165, 1.54) is 22.7 Å². The van der Waals surface area contributed by atoms with Crippen LogP contribution in [0.5, 0.6) is 0 Å². The topological polar surface area (TPSA) is 59.1 Å². The molecule has 0 aliphatic heterocycles. The van der Waals surface area contributed by atoms with E-state index >= 15 is 0 Å². The number of aromatic nitrogens is 1. The van der Waals surface area contributed by atoms with Crippen molar-refractivity contribution in [2.45, 2.75) is 6.54 Å². The third-order valence-corrected chi connectivity index (χ3v) is 5.95. The molecular weight excluding hydrogens is 364 g/mol. The second kappa shape index (κ2) is 7.19. The quantitative estimate of drug-likeness (QED) is 0.520. The molecule has 2 heterocycles. The number of carbonyl (C=O) groups excluding carboxylic acids is 2. The van der Waals surface area contributed by atoms with Crippen LogP contribution < -0.4 is 5.32 Å². The summed E-state index contributed by atoms with van der Waals surface area (Å²) in [7, 11) is 0. The van der Waals surface area contributed by atoms with Gasteiger partial charge in [0, 0.05) is 10.4 Å². The van der Waals surface area contributed by atoms with E-state index in [1.807, 2.05) is 48.5 Å². The first kappa shape index (κ1) is 16.6. The smallest absolute Gasteiger partial charge is 0.280 e. The number of amides is 1. The number of para-hydroxylation sites is 1. The molecule has 0 atom stereocenters. The Morgan fingerprint density at radius 3 is 2.46 bits per heavy atom. The summed E-state index contributed by atoms with van der Waals surface area (Å²) in [5, 5.41) is 3.32. The third kappa shape index (κ3) is 3.42. The van der Waals surface area contributed by atoms with Crippen molar-refractivity contribution in [1.82, 2.24) is 10.3 Å². The van der Waals surface area contributed by atoms with Gasteiger partial charge in [-0.1, -0.05) is 42.5 Å². The molecule has 0 saturated heterocycles.